The van der Waals surface area contributed by atoms with Crippen LogP contribution in [0.5, 0.6) is 0 Å². The van der Waals surface area contributed by atoms with Gasteiger partial charge in [0, 0.05) is 18.5 Å². The zero-order chi connectivity index (χ0) is 4.41. The van der Waals surface area contributed by atoms with Crippen LogP contribution in [0, 0.1) is 6.92 Å². The van der Waals surface area contributed by atoms with Gasteiger partial charge in [-0.15, -0.1) is 11.3 Å². The molecule has 0 saturated carbocycles. The third-order valence-corrected chi connectivity index (χ3v) is 1.06. The molecule has 2 heteroatoms. The summed E-state index contributed by atoms with van der Waals surface area (Å²) in [4.78, 5) is 3.71. The van der Waals surface area contributed by atoms with Crippen LogP contribution in [0.1, 0.15) is 5.01 Å². The van der Waals surface area contributed by atoms with Gasteiger partial charge in [0.25, 0.3) is 0 Å². The monoisotopic (exact) mass is 97.0 g/mol. The number of nitrogens with zero attached hydrogens (tertiary/aromatic N) is 1. The number of hydrogen-bond acceptors (Lipinski definition) is 2. The second-order valence-corrected chi connectivity index (χ2v) is 1.80. The van der Waals surface area contributed by atoms with E-state index in [-0.39, 0.29) is 0 Å². The predicted molar refractivity (Wildman–Crippen MR) is 25.5 cm³/mol. The maximum Gasteiger partial charge on any atom is 0.0970 e. The lowest BCUT2D eigenvalue weighted by molar-refractivity contribution is 1.37. The molecular formula is C4H3NS. The Labute approximate surface area is 40.7 Å². The first-order chi connectivity index (χ1) is 2.89. The van der Waals surface area contributed by atoms with Crippen molar-refractivity contribution in [3.8, 4) is 0 Å². The lowest BCUT2D eigenvalue weighted by Gasteiger charge is -1.64. The summed E-state index contributed by atoms with van der Waals surface area (Å²) in [5.74, 6) is 0. The molecule has 0 N–H and O–H groups in total. The normalized spacial score (nSPS) is 8.83. The van der Waals surface area contributed by atoms with Gasteiger partial charge in [-0.2, -0.15) is 0 Å². The lowest BCUT2D eigenvalue weighted by atomic mass is 10.8. The van der Waals surface area contributed by atoms with E-state index in [1.807, 2.05) is 5.38 Å². The van der Waals surface area contributed by atoms with Crippen LogP contribution >= 0.6 is 11.3 Å². The number of thiazole rings is 1. The zero-order valence-corrected chi connectivity index (χ0v) is 3.90. The van der Waals surface area contributed by atoms with E-state index >= 15 is 0 Å². The first-order valence-corrected chi connectivity index (χ1v) is 2.42. The first kappa shape index (κ1) is 3.81. The highest BCUT2D eigenvalue weighted by atomic mass is 32.1. The molecule has 0 spiro atoms. The average molecular weight is 97.1 g/mol. The van der Waals surface area contributed by atoms with E-state index in [4.69, 9.17) is 6.92 Å². The zero-order valence-electron chi connectivity index (χ0n) is 3.09. The van der Waals surface area contributed by atoms with Crippen molar-refractivity contribution in [1.82, 2.24) is 4.98 Å². The van der Waals surface area contributed by atoms with Crippen molar-refractivity contribution in [2.45, 2.75) is 0 Å². The molecular weight excluding hydrogens is 94.1 g/mol. The maximum atomic E-state index is 5.19. The standard InChI is InChI=1S/C4H3NS/c1-4-5-2-3-6-4/h1-3H. The van der Waals surface area contributed by atoms with Gasteiger partial charge in [-0.1, -0.05) is 0 Å². The minimum Gasteiger partial charge on any atom is -0.249 e. The molecule has 30 valence electrons. The summed E-state index contributed by atoms with van der Waals surface area (Å²) in [6.45, 7) is 5.19. The molecule has 6 heavy (non-hydrogen) atoms. The summed E-state index contributed by atoms with van der Waals surface area (Å²) in [7, 11) is 0. The molecule has 0 fully saturated rings. The fraction of sp³-hybridized carbons (Fsp3) is 0. The molecule has 1 aromatic heterocycles. The van der Waals surface area contributed by atoms with Crippen LogP contribution < -0.4 is 0 Å². The van der Waals surface area contributed by atoms with Crippen LogP contribution in [0.2, 0.25) is 0 Å². The van der Waals surface area contributed by atoms with Gasteiger partial charge in [0.15, 0.2) is 0 Å². The average Bonchev–Trinajstić information content (AvgIpc) is 1.86. The van der Waals surface area contributed by atoms with Gasteiger partial charge in [-0.25, -0.2) is 4.98 Å². The van der Waals surface area contributed by atoms with Crippen molar-refractivity contribution in [2.75, 3.05) is 0 Å². The highest BCUT2D eigenvalue weighted by Crippen LogP contribution is 1.98. The minimum atomic E-state index is 0.634. The summed E-state index contributed by atoms with van der Waals surface area (Å²) < 4.78 is 0. The number of hydrogen-bond donors (Lipinski definition) is 0. The van der Waals surface area contributed by atoms with E-state index in [1.165, 1.54) is 11.3 Å². The molecule has 1 rings (SSSR count). The molecule has 0 saturated heterocycles. The Morgan fingerprint density at radius 1 is 1.83 bits per heavy atom. The molecule has 0 atom stereocenters. The van der Waals surface area contributed by atoms with Gasteiger partial charge < -0.3 is 0 Å². The Kier molecular flexibility index (Phi) is 0.881. The molecule has 0 aliphatic heterocycles. The van der Waals surface area contributed by atoms with E-state index in [2.05, 4.69) is 4.98 Å². The highest BCUT2D eigenvalue weighted by Gasteiger charge is 1.77. The fourth-order valence-electron chi connectivity index (χ4n) is 0.234. The predicted octanol–water partition coefficient (Wildman–Crippen LogP) is 1.20. The number of aromatic nitrogens is 1. The van der Waals surface area contributed by atoms with Crippen molar-refractivity contribution in [1.29, 1.82) is 0 Å². The van der Waals surface area contributed by atoms with Crippen molar-refractivity contribution in [2.24, 2.45) is 0 Å². The second-order valence-electron chi connectivity index (χ2n) is 0.870. The van der Waals surface area contributed by atoms with Crippen LogP contribution in [0.3, 0.4) is 0 Å². The van der Waals surface area contributed by atoms with Crippen molar-refractivity contribution >= 4 is 11.3 Å². The summed E-state index contributed by atoms with van der Waals surface area (Å²) in [6, 6.07) is 0. The molecule has 1 heterocycles. The summed E-state index contributed by atoms with van der Waals surface area (Å²) >= 11 is 1.44. The summed E-state index contributed by atoms with van der Waals surface area (Å²) in [6.07, 6.45) is 1.68. The van der Waals surface area contributed by atoms with Crippen LogP contribution in [0.15, 0.2) is 11.6 Å². The van der Waals surface area contributed by atoms with Gasteiger partial charge in [-0.3, -0.25) is 0 Å². The molecule has 0 aliphatic rings. The molecule has 0 aromatic carbocycles. The third-order valence-electron chi connectivity index (χ3n) is 0.451. The highest BCUT2D eigenvalue weighted by molar-refractivity contribution is 7.09. The van der Waals surface area contributed by atoms with E-state index in [1.54, 1.807) is 6.20 Å². The SMILES string of the molecule is [CH]c1nccs1. The first-order valence-electron chi connectivity index (χ1n) is 1.54. The van der Waals surface area contributed by atoms with Gasteiger partial charge in [0.1, 0.15) is 0 Å². The topological polar surface area (TPSA) is 12.9 Å². The summed E-state index contributed by atoms with van der Waals surface area (Å²) in [5, 5.41) is 2.48. The maximum absolute atomic E-state index is 5.19. The summed E-state index contributed by atoms with van der Waals surface area (Å²) in [5.41, 5.74) is 0. The van der Waals surface area contributed by atoms with Crippen LogP contribution in [0.25, 0.3) is 0 Å². The number of rotatable bonds is 0. The Morgan fingerprint density at radius 3 is 2.83 bits per heavy atom. The Balaban J connectivity index is 3.05. The van der Waals surface area contributed by atoms with E-state index in [9.17, 15) is 0 Å². The Hall–Kier alpha value is -0.370. The van der Waals surface area contributed by atoms with Crippen LogP contribution in [-0.2, 0) is 0 Å². The fourth-order valence-corrected chi connectivity index (χ4v) is 0.617. The van der Waals surface area contributed by atoms with Crippen molar-refractivity contribution in [3.05, 3.63) is 23.5 Å². The largest absolute Gasteiger partial charge is 0.249 e. The third kappa shape index (κ3) is 0.571. The van der Waals surface area contributed by atoms with Crippen molar-refractivity contribution in [3.63, 3.8) is 0 Å². The van der Waals surface area contributed by atoms with Crippen molar-refractivity contribution < 1.29 is 0 Å². The quantitative estimate of drug-likeness (QED) is 0.474. The molecule has 0 bridgehead atoms. The van der Waals surface area contributed by atoms with E-state index in [0.29, 0.717) is 5.01 Å². The van der Waals surface area contributed by atoms with E-state index in [0.717, 1.165) is 0 Å². The molecule has 2 radical (unpaired) electrons. The smallest absolute Gasteiger partial charge is 0.0970 e. The van der Waals surface area contributed by atoms with E-state index < -0.39 is 0 Å². The van der Waals surface area contributed by atoms with Gasteiger partial charge in [-0.05, 0) is 0 Å². The van der Waals surface area contributed by atoms with Gasteiger partial charge in [0.05, 0.1) is 5.01 Å². The minimum absolute atomic E-state index is 0.634. The van der Waals surface area contributed by atoms with Gasteiger partial charge >= 0.3 is 0 Å². The van der Waals surface area contributed by atoms with Crippen LogP contribution in [0.4, 0.5) is 0 Å². The molecule has 0 unspecified atom stereocenters. The Morgan fingerprint density at radius 2 is 2.67 bits per heavy atom. The molecule has 0 aliphatic carbocycles. The molecule has 0 amide bonds. The van der Waals surface area contributed by atoms with Gasteiger partial charge in [0.2, 0.25) is 0 Å². The van der Waals surface area contributed by atoms with Crippen LogP contribution in [-0.4, -0.2) is 4.98 Å². The molecule has 1 nitrogen and oxygen atoms in total. The lowest BCUT2D eigenvalue weighted by Crippen LogP contribution is -1.56. The molecule has 1 aromatic rings. The Bertz CT molecular complexity index is 111. The second kappa shape index (κ2) is 1.39.